The minimum absolute atomic E-state index is 0.144. The Kier molecular flexibility index (Phi) is 4.75. The molecule has 120 valence electrons. The molecular formula is C15H14N2O6. The molecule has 8 nitrogen and oxygen atoms in total. The number of nitrogens with zero attached hydrogens (tertiary/aromatic N) is 1. The van der Waals surface area contributed by atoms with Gasteiger partial charge in [-0.2, -0.15) is 0 Å². The topological polar surface area (TPSA) is 108 Å². The molecule has 8 heteroatoms. The number of methoxy groups -OCH3 is 2. The molecule has 1 N–H and O–H groups in total. The lowest BCUT2D eigenvalue weighted by atomic mass is 9.83. The maximum absolute atomic E-state index is 12.0. The zero-order valence-corrected chi connectivity index (χ0v) is 12.4. The van der Waals surface area contributed by atoms with E-state index in [9.17, 15) is 19.7 Å². The fourth-order valence-electron chi connectivity index (χ4n) is 2.32. The fourth-order valence-corrected chi connectivity index (χ4v) is 2.32. The van der Waals surface area contributed by atoms with Crippen LogP contribution in [0.3, 0.4) is 0 Å². The van der Waals surface area contributed by atoms with Crippen molar-refractivity contribution in [2.45, 2.75) is 5.92 Å². The summed E-state index contributed by atoms with van der Waals surface area (Å²) >= 11 is 0. The second kappa shape index (κ2) is 6.73. The molecule has 2 rings (SSSR count). The van der Waals surface area contributed by atoms with E-state index in [1.807, 2.05) is 0 Å². The Morgan fingerprint density at radius 3 is 2.17 bits per heavy atom. The minimum atomic E-state index is -0.823. The van der Waals surface area contributed by atoms with Gasteiger partial charge in [-0.15, -0.1) is 0 Å². The van der Waals surface area contributed by atoms with E-state index >= 15 is 0 Å². The molecule has 0 radical (unpaired) electrons. The Morgan fingerprint density at radius 1 is 1.13 bits per heavy atom. The van der Waals surface area contributed by atoms with Crippen LogP contribution < -0.4 is 5.32 Å². The molecule has 1 aliphatic rings. The van der Waals surface area contributed by atoms with Crippen LogP contribution in [0.2, 0.25) is 0 Å². The summed E-state index contributed by atoms with van der Waals surface area (Å²) in [5.41, 5.74) is 0.565. The lowest BCUT2D eigenvalue weighted by molar-refractivity contribution is -0.384. The quantitative estimate of drug-likeness (QED) is 0.508. The number of esters is 2. The normalized spacial score (nSPS) is 14.2. The minimum Gasteiger partial charge on any atom is -0.466 e. The van der Waals surface area contributed by atoms with Crippen molar-refractivity contribution in [3.05, 3.63) is 63.5 Å². The second-order valence-corrected chi connectivity index (χ2v) is 4.63. The molecule has 1 heterocycles. The monoisotopic (exact) mass is 318 g/mol. The molecule has 0 unspecified atom stereocenters. The van der Waals surface area contributed by atoms with Crippen LogP contribution >= 0.6 is 0 Å². The van der Waals surface area contributed by atoms with E-state index in [-0.39, 0.29) is 16.8 Å². The molecule has 0 fully saturated rings. The van der Waals surface area contributed by atoms with Crippen molar-refractivity contribution < 1.29 is 24.0 Å². The van der Waals surface area contributed by atoms with E-state index in [0.717, 1.165) is 0 Å². The number of hydrogen-bond donors (Lipinski definition) is 1. The lowest BCUT2D eigenvalue weighted by Crippen LogP contribution is -2.26. The molecular weight excluding hydrogens is 304 g/mol. The van der Waals surface area contributed by atoms with Crippen LogP contribution in [0.4, 0.5) is 5.69 Å². The van der Waals surface area contributed by atoms with Gasteiger partial charge in [0.2, 0.25) is 0 Å². The van der Waals surface area contributed by atoms with Gasteiger partial charge in [-0.3, -0.25) is 10.1 Å². The van der Waals surface area contributed by atoms with Crippen LogP contribution in [-0.4, -0.2) is 31.1 Å². The van der Waals surface area contributed by atoms with Crippen LogP contribution in [0, 0.1) is 10.1 Å². The Labute approximate surface area is 131 Å². The number of rotatable bonds is 4. The molecule has 0 aliphatic carbocycles. The zero-order valence-electron chi connectivity index (χ0n) is 12.4. The van der Waals surface area contributed by atoms with E-state index < -0.39 is 22.8 Å². The molecule has 0 saturated heterocycles. The highest BCUT2D eigenvalue weighted by Gasteiger charge is 2.34. The largest absolute Gasteiger partial charge is 0.466 e. The number of carbonyl (C=O) groups is 2. The van der Waals surface area contributed by atoms with Gasteiger partial charge in [-0.1, -0.05) is 12.1 Å². The van der Waals surface area contributed by atoms with Crippen LogP contribution in [0.1, 0.15) is 11.5 Å². The Hall–Kier alpha value is -3.16. The van der Waals surface area contributed by atoms with Gasteiger partial charge in [-0.25, -0.2) is 9.59 Å². The first-order chi connectivity index (χ1) is 11.0. The molecule has 0 bridgehead atoms. The molecule has 1 aromatic rings. The Balaban J connectivity index is 2.55. The van der Waals surface area contributed by atoms with Gasteiger partial charge >= 0.3 is 11.9 Å². The van der Waals surface area contributed by atoms with Crippen LogP contribution in [0.25, 0.3) is 0 Å². The highest BCUT2D eigenvalue weighted by Crippen LogP contribution is 2.36. The SMILES string of the molecule is COC(=O)C1=CNC=C(C(=O)OC)C1c1cccc([N+](=O)[O-])c1. The molecule has 23 heavy (non-hydrogen) atoms. The van der Waals surface area contributed by atoms with Gasteiger partial charge in [0, 0.05) is 24.5 Å². The van der Waals surface area contributed by atoms with E-state index in [2.05, 4.69) is 5.32 Å². The van der Waals surface area contributed by atoms with E-state index in [1.54, 1.807) is 6.07 Å². The van der Waals surface area contributed by atoms with Gasteiger partial charge in [0.25, 0.3) is 5.69 Å². The Morgan fingerprint density at radius 2 is 1.70 bits per heavy atom. The van der Waals surface area contributed by atoms with E-state index in [0.29, 0.717) is 5.56 Å². The van der Waals surface area contributed by atoms with Crippen LogP contribution in [0.15, 0.2) is 47.8 Å². The first-order valence-corrected chi connectivity index (χ1v) is 6.56. The smallest absolute Gasteiger partial charge is 0.336 e. The van der Waals surface area contributed by atoms with Gasteiger partial charge in [0.1, 0.15) is 0 Å². The summed E-state index contributed by atoms with van der Waals surface area (Å²) in [6.07, 6.45) is 2.78. The third-order valence-electron chi connectivity index (χ3n) is 3.36. The van der Waals surface area contributed by atoms with Crippen molar-refractivity contribution in [1.29, 1.82) is 0 Å². The van der Waals surface area contributed by atoms with E-state index in [4.69, 9.17) is 9.47 Å². The van der Waals surface area contributed by atoms with Crippen molar-refractivity contribution in [2.75, 3.05) is 14.2 Å². The maximum Gasteiger partial charge on any atom is 0.336 e. The summed E-state index contributed by atoms with van der Waals surface area (Å²) in [4.78, 5) is 34.4. The van der Waals surface area contributed by atoms with Gasteiger partial charge < -0.3 is 14.8 Å². The third kappa shape index (κ3) is 3.20. The van der Waals surface area contributed by atoms with Crippen molar-refractivity contribution in [3.8, 4) is 0 Å². The standard InChI is InChI=1S/C15H14N2O6/c1-22-14(18)11-7-16-8-12(15(19)23-2)13(11)9-4-3-5-10(6-9)17(20)21/h3-8,13,16H,1-2H3. The van der Waals surface area contributed by atoms with Gasteiger partial charge in [-0.05, 0) is 5.56 Å². The predicted molar refractivity (Wildman–Crippen MR) is 79.2 cm³/mol. The van der Waals surface area contributed by atoms with E-state index in [1.165, 1.54) is 44.8 Å². The van der Waals surface area contributed by atoms with Crippen molar-refractivity contribution in [2.24, 2.45) is 0 Å². The van der Waals surface area contributed by atoms with Crippen molar-refractivity contribution >= 4 is 17.6 Å². The summed E-state index contributed by atoms with van der Waals surface area (Å²) in [6.45, 7) is 0. The average molecular weight is 318 g/mol. The molecule has 0 saturated carbocycles. The number of benzene rings is 1. The second-order valence-electron chi connectivity index (χ2n) is 4.63. The molecule has 0 atom stereocenters. The Bertz CT molecular complexity index is 690. The summed E-state index contributed by atoms with van der Waals surface area (Å²) in [5.74, 6) is -2.12. The predicted octanol–water partition coefficient (Wildman–Crippen LogP) is 1.40. The van der Waals surface area contributed by atoms with Crippen molar-refractivity contribution in [3.63, 3.8) is 0 Å². The fraction of sp³-hybridized carbons (Fsp3) is 0.200. The number of nitrogens with one attached hydrogen (secondary N) is 1. The number of nitro benzene ring substituents is 1. The van der Waals surface area contributed by atoms with Gasteiger partial charge in [0.15, 0.2) is 0 Å². The van der Waals surface area contributed by atoms with Gasteiger partial charge in [0.05, 0.1) is 36.2 Å². The maximum atomic E-state index is 12.0. The summed E-state index contributed by atoms with van der Waals surface area (Å²) in [7, 11) is 2.42. The lowest BCUT2D eigenvalue weighted by Gasteiger charge is -2.24. The molecule has 1 aliphatic heterocycles. The number of carbonyl (C=O) groups excluding carboxylic acids is 2. The summed E-state index contributed by atoms with van der Waals surface area (Å²) in [6, 6.07) is 5.72. The molecule has 0 aromatic heterocycles. The molecule has 1 aromatic carbocycles. The third-order valence-corrected chi connectivity index (χ3v) is 3.36. The zero-order chi connectivity index (χ0) is 17.0. The van der Waals surface area contributed by atoms with Crippen LogP contribution in [0.5, 0.6) is 0 Å². The van der Waals surface area contributed by atoms with Crippen molar-refractivity contribution in [1.82, 2.24) is 5.32 Å². The summed E-state index contributed by atoms with van der Waals surface area (Å²) in [5, 5.41) is 13.7. The molecule has 0 amide bonds. The number of non-ortho nitro benzene ring substituents is 1. The number of ether oxygens (including phenoxy) is 2. The van der Waals surface area contributed by atoms with Crippen LogP contribution in [-0.2, 0) is 19.1 Å². The summed E-state index contributed by atoms with van der Waals surface area (Å²) < 4.78 is 9.44. The number of nitro groups is 1. The number of dihydropyridines is 1. The first kappa shape index (κ1) is 16.2. The first-order valence-electron chi connectivity index (χ1n) is 6.56. The highest BCUT2D eigenvalue weighted by molar-refractivity contribution is 5.98. The highest BCUT2D eigenvalue weighted by atomic mass is 16.6. The molecule has 0 spiro atoms. The number of hydrogen-bond acceptors (Lipinski definition) is 7. The average Bonchev–Trinajstić information content (AvgIpc) is 2.59.